The van der Waals surface area contributed by atoms with Crippen molar-refractivity contribution in [3.05, 3.63) is 23.8 Å². The zero-order valence-corrected chi connectivity index (χ0v) is 13.4. The highest BCUT2D eigenvalue weighted by molar-refractivity contribution is 5.85. The predicted octanol–water partition coefficient (Wildman–Crippen LogP) is 2.16. The minimum absolute atomic E-state index is 0. The number of halogens is 1. The summed E-state index contributed by atoms with van der Waals surface area (Å²) in [4.78, 5) is 0. The van der Waals surface area contributed by atoms with Gasteiger partial charge < -0.3 is 19.9 Å². The Kier molecular flexibility index (Phi) is 5.36. The Morgan fingerprint density at radius 1 is 1.10 bits per heavy atom. The van der Waals surface area contributed by atoms with Gasteiger partial charge in [0.05, 0.1) is 13.2 Å². The second kappa shape index (κ2) is 6.86. The van der Waals surface area contributed by atoms with Gasteiger partial charge in [0, 0.05) is 6.07 Å². The van der Waals surface area contributed by atoms with Crippen LogP contribution >= 0.6 is 12.4 Å². The molecule has 5 heteroatoms. The highest BCUT2D eigenvalue weighted by atomic mass is 35.5. The van der Waals surface area contributed by atoms with Crippen LogP contribution < -0.4 is 14.8 Å². The van der Waals surface area contributed by atoms with Gasteiger partial charge in [-0.25, -0.2) is 0 Å². The fourth-order valence-corrected chi connectivity index (χ4v) is 3.46. The Bertz CT molecular complexity index is 483. The van der Waals surface area contributed by atoms with Crippen LogP contribution in [0.1, 0.15) is 18.4 Å². The van der Waals surface area contributed by atoms with Crippen molar-refractivity contribution in [1.82, 2.24) is 5.32 Å². The molecule has 0 aromatic heterocycles. The first-order valence-corrected chi connectivity index (χ1v) is 7.37. The van der Waals surface area contributed by atoms with Crippen molar-refractivity contribution in [2.24, 2.45) is 11.8 Å². The highest BCUT2D eigenvalue weighted by Gasteiger charge is 2.39. The van der Waals surface area contributed by atoms with E-state index in [1.165, 1.54) is 0 Å². The predicted molar refractivity (Wildman–Crippen MR) is 84.5 cm³/mol. The quantitative estimate of drug-likeness (QED) is 0.898. The summed E-state index contributed by atoms with van der Waals surface area (Å²) in [6, 6.07) is 5.86. The topological polar surface area (TPSA) is 50.7 Å². The minimum Gasteiger partial charge on any atom is -0.497 e. The van der Waals surface area contributed by atoms with Gasteiger partial charge in [0.25, 0.3) is 0 Å². The Hall–Kier alpha value is -0.970. The summed E-state index contributed by atoms with van der Waals surface area (Å²) in [5, 5.41) is 13.7. The van der Waals surface area contributed by atoms with Crippen LogP contribution in [0, 0.1) is 18.8 Å². The first-order chi connectivity index (χ1) is 9.65. The van der Waals surface area contributed by atoms with Crippen LogP contribution in [0.2, 0.25) is 0 Å². The third kappa shape index (κ3) is 3.62. The molecule has 0 unspecified atom stereocenters. The lowest BCUT2D eigenvalue weighted by Gasteiger charge is -2.35. The van der Waals surface area contributed by atoms with E-state index in [9.17, 15) is 5.11 Å². The Balaban J connectivity index is 0.00000161. The van der Waals surface area contributed by atoms with Gasteiger partial charge in [-0.2, -0.15) is 0 Å². The normalized spacial score (nSPS) is 31.2. The fourth-order valence-electron chi connectivity index (χ4n) is 3.46. The van der Waals surface area contributed by atoms with Crippen LogP contribution in [0.3, 0.4) is 0 Å². The van der Waals surface area contributed by atoms with Gasteiger partial charge in [0.1, 0.15) is 17.6 Å². The molecule has 0 bridgehead atoms. The summed E-state index contributed by atoms with van der Waals surface area (Å²) in [5.74, 6) is 2.83. The number of aliphatic hydroxyl groups excluding tert-OH is 1. The maximum Gasteiger partial charge on any atom is 0.125 e. The van der Waals surface area contributed by atoms with Crippen molar-refractivity contribution in [3.8, 4) is 11.5 Å². The number of aliphatic hydroxyl groups is 1. The van der Waals surface area contributed by atoms with Crippen molar-refractivity contribution in [2.45, 2.75) is 32.0 Å². The van der Waals surface area contributed by atoms with Gasteiger partial charge in [-0.3, -0.25) is 0 Å². The molecule has 1 heterocycles. The van der Waals surface area contributed by atoms with Crippen LogP contribution in [0.5, 0.6) is 11.5 Å². The highest BCUT2D eigenvalue weighted by Crippen LogP contribution is 2.35. The molecule has 1 aliphatic heterocycles. The molecule has 1 saturated carbocycles. The average Bonchev–Trinajstić information content (AvgIpc) is 2.85. The van der Waals surface area contributed by atoms with Crippen molar-refractivity contribution in [3.63, 3.8) is 0 Å². The lowest BCUT2D eigenvalue weighted by Crippen LogP contribution is -2.42. The van der Waals surface area contributed by atoms with Crippen LogP contribution in [0.15, 0.2) is 18.2 Å². The Morgan fingerprint density at radius 2 is 1.76 bits per heavy atom. The lowest BCUT2D eigenvalue weighted by atomic mass is 9.78. The number of methoxy groups -OCH3 is 1. The molecule has 4 atom stereocenters. The number of hydrogen-bond donors (Lipinski definition) is 2. The smallest absolute Gasteiger partial charge is 0.125 e. The average molecular weight is 314 g/mol. The number of rotatable bonds is 3. The van der Waals surface area contributed by atoms with Gasteiger partial charge in [-0.15, -0.1) is 12.4 Å². The monoisotopic (exact) mass is 313 g/mol. The maximum absolute atomic E-state index is 10.3. The SMILES string of the molecule is COc1cc(C)cc(O[C@@H]2C[C@@H]3CNC[C@@H]3C[C@H]2O)c1.Cl. The molecular formula is C16H24ClNO3. The van der Waals surface area contributed by atoms with Crippen molar-refractivity contribution >= 4 is 12.4 Å². The first-order valence-electron chi connectivity index (χ1n) is 7.37. The van der Waals surface area contributed by atoms with Crippen molar-refractivity contribution < 1.29 is 14.6 Å². The zero-order valence-electron chi connectivity index (χ0n) is 12.5. The van der Waals surface area contributed by atoms with Crippen LogP contribution in [-0.2, 0) is 0 Å². The summed E-state index contributed by atoms with van der Waals surface area (Å²) < 4.78 is 11.3. The number of nitrogens with one attached hydrogen (secondary N) is 1. The van der Waals surface area contributed by atoms with E-state index in [0.29, 0.717) is 11.8 Å². The fraction of sp³-hybridized carbons (Fsp3) is 0.625. The van der Waals surface area contributed by atoms with Crippen molar-refractivity contribution in [2.75, 3.05) is 20.2 Å². The van der Waals surface area contributed by atoms with E-state index in [1.54, 1.807) is 7.11 Å². The molecule has 2 fully saturated rings. The molecule has 4 nitrogen and oxygen atoms in total. The molecule has 21 heavy (non-hydrogen) atoms. The van der Waals surface area contributed by atoms with Crippen LogP contribution in [0.25, 0.3) is 0 Å². The zero-order chi connectivity index (χ0) is 14.1. The molecule has 1 aromatic rings. The van der Waals surface area contributed by atoms with E-state index in [4.69, 9.17) is 9.47 Å². The number of aryl methyl sites for hydroxylation is 1. The maximum atomic E-state index is 10.3. The first kappa shape index (κ1) is 16.4. The van der Waals surface area contributed by atoms with Gasteiger partial charge in [0.15, 0.2) is 0 Å². The van der Waals surface area contributed by atoms with E-state index in [2.05, 4.69) is 5.32 Å². The molecule has 2 aliphatic rings. The molecule has 3 rings (SSSR count). The number of fused-ring (bicyclic) bond motifs is 1. The van der Waals surface area contributed by atoms with E-state index in [1.807, 2.05) is 25.1 Å². The van der Waals surface area contributed by atoms with Gasteiger partial charge in [-0.05, 0) is 62.4 Å². The van der Waals surface area contributed by atoms with E-state index in [-0.39, 0.29) is 24.6 Å². The largest absolute Gasteiger partial charge is 0.497 e. The number of benzene rings is 1. The summed E-state index contributed by atoms with van der Waals surface area (Å²) in [6.07, 6.45) is 1.28. The number of hydrogen-bond acceptors (Lipinski definition) is 4. The van der Waals surface area contributed by atoms with E-state index < -0.39 is 0 Å². The van der Waals surface area contributed by atoms with Crippen LogP contribution in [-0.4, -0.2) is 37.5 Å². The molecule has 118 valence electrons. The molecule has 0 radical (unpaired) electrons. The molecule has 0 amide bonds. The van der Waals surface area contributed by atoms with Crippen molar-refractivity contribution in [1.29, 1.82) is 0 Å². The second-order valence-electron chi connectivity index (χ2n) is 6.06. The molecular weight excluding hydrogens is 290 g/mol. The Labute approximate surface area is 132 Å². The van der Waals surface area contributed by atoms with Gasteiger partial charge in [-0.1, -0.05) is 0 Å². The lowest BCUT2D eigenvalue weighted by molar-refractivity contribution is -0.0232. The van der Waals surface area contributed by atoms with Crippen LogP contribution in [0.4, 0.5) is 0 Å². The summed E-state index contributed by atoms with van der Waals surface area (Å²) in [7, 11) is 1.66. The van der Waals surface area contributed by atoms with Gasteiger partial charge in [0.2, 0.25) is 0 Å². The molecule has 2 N–H and O–H groups in total. The second-order valence-corrected chi connectivity index (χ2v) is 6.06. The molecule has 1 saturated heterocycles. The Morgan fingerprint density at radius 3 is 2.48 bits per heavy atom. The standard InChI is InChI=1S/C16H23NO3.ClH/c1-10-3-13(19-2)7-14(4-10)20-16-6-12-9-17-8-11(12)5-15(16)18;/h3-4,7,11-12,15-18H,5-6,8-9H2,1-2H3;1H/t11-,12+,15+,16+;/m0./s1. The third-order valence-electron chi connectivity index (χ3n) is 4.54. The third-order valence-corrected chi connectivity index (χ3v) is 4.54. The summed E-state index contributed by atoms with van der Waals surface area (Å²) >= 11 is 0. The van der Waals surface area contributed by atoms with E-state index in [0.717, 1.165) is 43.0 Å². The molecule has 1 aliphatic carbocycles. The summed E-state index contributed by atoms with van der Waals surface area (Å²) in [5.41, 5.74) is 1.10. The number of ether oxygens (including phenoxy) is 2. The molecule has 1 aromatic carbocycles. The minimum atomic E-state index is -0.373. The van der Waals surface area contributed by atoms with E-state index >= 15 is 0 Å². The summed E-state index contributed by atoms with van der Waals surface area (Å²) in [6.45, 7) is 4.10. The molecule has 0 spiro atoms. The van der Waals surface area contributed by atoms with Gasteiger partial charge >= 0.3 is 0 Å².